The number of fused-ring (bicyclic) bond motifs is 1. The highest BCUT2D eigenvalue weighted by Crippen LogP contribution is 2.21. The van der Waals surface area contributed by atoms with E-state index in [9.17, 15) is 14.7 Å². The predicted octanol–water partition coefficient (Wildman–Crippen LogP) is 2.74. The van der Waals surface area contributed by atoms with Crippen molar-refractivity contribution < 1.29 is 5.11 Å². The van der Waals surface area contributed by atoms with Crippen LogP contribution >= 0.6 is 0 Å². The van der Waals surface area contributed by atoms with Gasteiger partial charge in [0.15, 0.2) is 0 Å². The lowest BCUT2D eigenvalue weighted by Crippen LogP contribution is -2.33. The minimum atomic E-state index is -0.676. The van der Waals surface area contributed by atoms with Gasteiger partial charge in [-0.15, -0.1) is 6.58 Å². The Bertz CT molecular complexity index is 1150. The van der Waals surface area contributed by atoms with Crippen LogP contribution in [0.4, 0.5) is 0 Å². The predicted molar refractivity (Wildman–Crippen MR) is 111 cm³/mol. The molecule has 28 heavy (non-hydrogen) atoms. The van der Waals surface area contributed by atoms with E-state index in [2.05, 4.69) is 27.6 Å². The number of allylic oxidation sites excluding steroid dienone is 1. The van der Waals surface area contributed by atoms with Crippen LogP contribution in [0, 0.1) is 0 Å². The van der Waals surface area contributed by atoms with E-state index in [4.69, 9.17) is 0 Å². The molecular formula is C21H24N4O3. The number of aromatic hydroxyl groups is 1. The number of hydrogen-bond acceptors (Lipinski definition) is 4. The van der Waals surface area contributed by atoms with Crippen LogP contribution in [0.1, 0.15) is 31.4 Å². The van der Waals surface area contributed by atoms with Crippen molar-refractivity contribution in [3.05, 3.63) is 75.1 Å². The number of para-hydroxylation sites is 1. The Balaban J connectivity index is 1.97. The molecular weight excluding hydrogens is 356 g/mol. The molecule has 0 spiro atoms. The van der Waals surface area contributed by atoms with Crippen molar-refractivity contribution in [3.63, 3.8) is 0 Å². The fourth-order valence-corrected chi connectivity index (χ4v) is 3.36. The second-order valence-corrected chi connectivity index (χ2v) is 6.70. The van der Waals surface area contributed by atoms with E-state index in [0.29, 0.717) is 12.1 Å². The van der Waals surface area contributed by atoms with E-state index in [-0.39, 0.29) is 18.2 Å². The zero-order valence-electron chi connectivity index (χ0n) is 16.0. The van der Waals surface area contributed by atoms with Crippen molar-refractivity contribution in [2.75, 3.05) is 0 Å². The van der Waals surface area contributed by atoms with Crippen LogP contribution in [-0.4, -0.2) is 31.4 Å². The van der Waals surface area contributed by atoms with Crippen LogP contribution in [0.15, 0.2) is 57.7 Å². The standard InChI is InChI=1S/C21H24N4O3/c1-4-10-25-20(27)18(19(26)24-21(25)28)13(3)23-15(5-2)11-14-12-22-17-9-7-6-8-16(14)17/h4,6-9,12,15,22,27H,1,5,10-11H2,2-3H3,(H,24,26,28). The van der Waals surface area contributed by atoms with Crippen molar-refractivity contribution in [3.8, 4) is 5.88 Å². The number of benzene rings is 1. The van der Waals surface area contributed by atoms with Gasteiger partial charge in [0.05, 0.1) is 11.8 Å². The Hall–Kier alpha value is -3.35. The van der Waals surface area contributed by atoms with E-state index >= 15 is 0 Å². The molecule has 3 aromatic rings. The third-order valence-corrected chi connectivity index (χ3v) is 4.82. The number of aromatic amines is 2. The van der Waals surface area contributed by atoms with Gasteiger partial charge in [-0.3, -0.25) is 19.3 Å². The van der Waals surface area contributed by atoms with Gasteiger partial charge in [-0.05, 0) is 31.4 Å². The summed E-state index contributed by atoms with van der Waals surface area (Å²) in [6.07, 6.45) is 4.92. The van der Waals surface area contributed by atoms with Gasteiger partial charge in [0.1, 0.15) is 5.56 Å². The average molecular weight is 380 g/mol. The first kappa shape index (κ1) is 19.4. The van der Waals surface area contributed by atoms with Gasteiger partial charge >= 0.3 is 5.69 Å². The molecule has 1 atom stereocenters. The van der Waals surface area contributed by atoms with E-state index in [1.807, 2.05) is 31.3 Å². The molecule has 0 aliphatic heterocycles. The summed E-state index contributed by atoms with van der Waals surface area (Å²) in [6, 6.07) is 7.99. The van der Waals surface area contributed by atoms with E-state index in [1.165, 1.54) is 6.08 Å². The molecule has 146 valence electrons. The molecule has 7 heteroatoms. The fourth-order valence-electron chi connectivity index (χ4n) is 3.36. The number of nitrogens with zero attached hydrogens (tertiary/aromatic N) is 2. The molecule has 0 radical (unpaired) electrons. The van der Waals surface area contributed by atoms with E-state index in [1.54, 1.807) is 6.92 Å². The van der Waals surface area contributed by atoms with Crippen LogP contribution < -0.4 is 11.2 Å². The lowest BCUT2D eigenvalue weighted by Gasteiger charge is -2.13. The molecule has 0 bridgehead atoms. The highest BCUT2D eigenvalue weighted by molar-refractivity contribution is 6.00. The fraction of sp³-hybridized carbons (Fsp3) is 0.286. The summed E-state index contributed by atoms with van der Waals surface area (Å²) >= 11 is 0. The van der Waals surface area contributed by atoms with Crippen molar-refractivity contribution in [1.29, 1.82) is 0 Å². The molecule has 0 saturated carbocycles. The maximum absolute atomic E-state index is 12.3. The number of aliphatic imine (C=N–C) groups is 1. The summed E-state index contributed by atoms with van der Waals surface area (Å²) in [5, 5.41) is 11.6. The van der Waals surface area contributed by atoms with Gasteiger partial charge in [-0.1, -0.05) is 31.2 Å². The van der Waals surface area contributed by atoms with Gasteiger partial charge in [0.25, 0.3) is 5.56 Å². The molecule has 1 unspecified atom stereocenters. The Morgan fingerprint density at radius 2 is 2.11 bits per heavy atom. The van der Waals surface area contributed by atoms with Crippen molar-refractivity contribution in [2.24, 2.45) is 4.99 Å². The van der Waals surface area contributed by atoms with Crippen LogP contribution in [0.3, 0.4) is 0 Å². The van der Waals surface area contributed by atoms with Crippen LogP contribution in [0.5, 0.6) is 5.88 Å². The Morgan fingerprint density at radius 1 is 1.36 bits per heavy atom. The summed E-state index contributed by atoms with van der Waals surface area (Å²) in [4.78, 5) is 34.3. The molecule has 1 aromatic carbocycles. The van der Waals surface area contributed by atoms with Crippen molar-refractivity contribution >= 4 is 16.6 Å². The summed E-state index contributed by atoms with van der Waals surface area (Å²) < 4.78 is 1.06. The Labute approximate surface area is 162 Å². The maximum atomic E-state index is 12.3. The number of rotatable bonds is 7. The smallest absolute Gasteiger partial charge is 0.331 e. The number of H-pyrrole nitrogens is 2. The van der Waals surface area contributed by atoms with Gasteiger partial charge in [0, 0.05) is 23.6 Å². The quantitative estimate of drug-likeness (QED) is 0.434. The number of aromatic nitrogens is 3. The zero-order chi connectivity index (χ0) is 20.3. The summed E-state index contributed by atoms with van der Waals surface area (Å²) in [6.45, 7) is 7.36. The average Bonchev–Trinajstić information content (AvgIpc) is 3.07. The summed E-state index contributed by atoms with van der Waals surface area (Å²) in [5.74, 6) is -0.392. The molecule has 0 saturated heterocycles. The van der Waals surface area contributed by atoms with Gasteiger partial charge in [-0.2, -0.15) is 0 Å². The second kappa shape index (κ2) is 8.12. The van der Waals surface area contributed by atoms with Crippen LogP contribution in [0.2, 0.25) is 0 Å². The third kappa shape index (κ3) is 3.69. The number of nitrogens with one attached hydrogen (secondary N) is 2. The first-order valence-corrected chi connectivity index (χ1v) is 9.23. The van der Waals surface area contributed by atoms with Gasteiger partial charge < -0.3 is 10.1 Å². The van der Waals surface area contributed by atoms with E-state index in [0.717, 1.165) is 27.5 Å². The number of hydrogen-bond donors (Lipinski definition) is 3. The lowest BCUT2D eigenvalue weighted by molar-refractivity contribution is 0.409. The molecule has 0 aliphatic carbocycles. The Morgan fingerprint density at radius 3 is 2.82 bits per heavy atom. The molecule has 0 amide bonds. The highest BCUT2D eigenvalue weighted by atomic mass is 16.3. The summed E-state index contributed by atoms with van der Waals surface area (Å²) in [5.41, 5.74) is 1.30. The molecule has 3 rings (SSSR count). The van der Waals surface area contributed by atoms with Crippen LogP contribution in [0.25, 0.3) is 10.9 Å². The molecule has 3 N–H and O–H groups in total. The zero-order valence-corrected chi connectivity index (χ0v) is 16.0. The molecule has 0 fully saturated rings. The SMILES string of the molecule is C=CCn1c(O)c(C(C)=NC(CC)Cc2c[nH]c3ccccc23)c(=O)[nH]c1=O. The first-order chi connectivity index (χ1) is 13.5. The highest BCUT2D eigenvalue weighted by Gasteiger charge is 2.18. The minimum absolute atomic E-state index is 0.0128. The van der Waals surface area contributed by atoms with E-state index < -0.39 is 17.1 Å². The van der Waals surface area contributed by atoms with Crippen molar-refractivity contribution in [1.82, 2.24) is 14.5 Å². The first-order valence-electron chi connectivity index (χ1n) is 9.23. The lowest BCUT2D eigenvalue weighted by atomic mass is 10.0. The minimum Gasteiger partial charge on any atom is -0.494 e. The third-order valence-electron chi connectivity index (χ3n) is 4.82. The topological polar surface area (TPSA) is 103 Å². The van der Waals surface area contributed by atoms with Gasteiger partial charge in [-0.25, -0.2) is 4.79 Å². The summed E-state index contributed by atoms with van der Waals surface area (Å²) in [7, 11) is 0. The monoisotopic (exact) mass is 380 g/mol. The molecule has 7 nitrogen and oxygen atoms in total. The molecule has 2 heterocycles. The van der Waals surface area contributed by atoms with Crippen molar-refractivity contribution in [2.45, 2.75) is 39.3 Å². The maximum Gasteiger partial charge on any atom is 0.331 e. The van der Waals surface area contributed by atoms with Gasteiger partial charge in [0.2, 0.25) is 5.88 Å². The second-order valence-electron chi connectivity index (χ2n) is 6.70. The van der Waals surface area contributed by atoms with Crippen LogP contribution in [-0.2, 0) is 13.0 Å². The normalized spacial score (nSPS) is 13.0. The largest absolute Gasteiger partial charge is 0.494 e. The molecule has 0 aliphatic rings. The molecule has 2 aromatic heterocycles. The Kier molecular flexibility index (Phi) is 5.63.